The van der Waals surface area contributed by atoms with Gasteiger partial charge in [-0.1, -0.05) is 54.1 Å². The van der Waals surface area contributed by atoms with Crippen LogP contribution in [0.4, 0.5) is 0 Å². The number of hydrogen-bond acceptors (Lipinski definition) is 4. The first-order valence-corrected chi connectivity index (χ1v) is 8.91. The smallest absolute Gasteiger partial charge is 0.271 e. The van der Waals surface area contributed by atoms with Crippen molar-refractivity contribution in [1.82, 2.24) is 10.3 Å². The molecule has 1 aromatic heterocycles. The molecule has 2 aromatic carbocycles. The van der Waals surface area contributed by atoms with E-state index in [1.807, 2.05) is 12.1 Å². The van der Waals surface area contributed by atoms with E-state index in [-0.39, 0.29) is 5.91 Å². The van der Waals surface area contributed by atoms with Gasteiger partial charge in [0.15, 0.2) is 0 Å². The number of nitrogens with zero attached hydrogens (tertiary/aromatic N) is 1. The summed E-state index contributed by atoms with van der Waals surface area (Å²) >= 11 is 1.43. The van der Waals surface area contributed by atoms with Crippen LogP contribution in [0.1, 0.15) is 26.6 Å². The fourth-order valence-electron chi connectivity index (χ4n) is 2.52. The Morgan fingerprint density at radius 1 is 1.16 bits per heavy atom. The Kier molecular flexibility index (Phi) is 5.58. The van der Waals surface area contributed by atoms with Gasteiger partial charge in [0.1, 0.15) is 10.7 Å². The molecule has 0 aliphatic rings. The van der Waals surface area contributed by atoms with Gasteiger partial charge < -0.3 is 10.1 Å². The van der Waals surface area contributed by atoms with Crippen LogP contribution in [-0.4, -0.2) is 18.0 Å². The summed E-state index contributed by atoms with van der Waals surface area (Å²) in [5.41, 5.74) is 5.10. The standard InChI is InChI=1S/C20H20N2O2S/c1-14-4-3-5-17(10-14)16-8-6-15(7-9-16)11-21-20(23)18-13-25-19(22-18)12-24-2/h3-10,13H,11-12H2,1-2H3,(H,21,23). The number of carbonyl (C=O) groups excluding carboxylic acids is 1. The van der Waals surface area contributed by atoms with Gasteiger partial charge in [-0.3, -0.25) is 4.79 Å². The van der Waals surface area contributed by atoms with Crippen molar-refractivity contribution >= 4 is 17.2 Å². The van der Waals surface area contributed by atoms with Crippen LogP contribution in [0.15, 0.2) is 53.9 Å². The van der Waals surface area contributed by atoms with E-state index in [0.717, 1.165) is 10.6 Å². The third kappa shape index (κ3) is 4.53. The SMILES string of the molecule is COCc1nc(C(=O)NCc2ccc(-c3cccc(C)c3)cc2)cs1. The summed E-state index contributed by atoms with van der Waals surface area (Å²) in [5.74, 6) is -0.165. The molecular formula is C20H20N2O2S. The van der Waals surface area contributed by atoms with Gasteiger partial charge in [0.05, 0.1) is 6.61 Å². The number of methoxy groups -OCH3 is 1. The molecule has 3 aromatic rings. The maximum atomic E-state index is 12.2. The normalized spacial score (nSPS) is 10.6. The summed E-state index contributed by atoms with van der Waals surface area (Å²) in [6, 6.07) is 16.6. The third-order valence-electron chi connectivity index (χ3n) is 3.81. The van der Waals surface area contributed by atoms with Crippen molar-refractivity contribution < 1.29 is 9.53 Å². The zero-order valence-electron chi connectivity index (χ0n) is 14.3. The van der Waals surface area contributed by atoms with Crippen molar-refractivity contribution in [2.75, 3.05) is 7.11 Å². The second kappa shape index (κ2) is 8.05. The minimum absolute atomic E-state index is 0.165. The Morgan fingerprint density at radius 2 is 1.96 bits per heavy atom. The molecule has 25 heavy (non-hydrogen) atoms. The van der Waals surface area contributed by atoms with Gasteiger partial charge >= 0.3 is 0 Å². The van der Waals surface area contributed by atoms with Crippen molar-refractivity contribution in [3.05, 3.63) is 75.7 Å². The third-order valence-corrected chi connectivity index (χ3v) is 4.63. The minimum Gasteiger partial charge on any atom is -0.378 e. The van der Waals surface area contributed by atoms with E-state index in [2.05, 4.69) is 53.6 Å². The number of hydrogen-bond donors (Lipinski definition) is 1. The second-order valence-electron chi connectivity index (χ2n) is 5.81. The molecule has 0 fully saturated rings. The van der Waals surface area contributed by atoms with Crippen molar-refractivity contribution in [3.63, 3.8) is 0 Å². The lowest BCUT2D eigenvalue weighted by Crippen LogP contribution is -2.23. The fourth-order valence-corrected chi connectivity index (χ4v) is 3.26. The Labute approximate surface area is 151 Å². The molecule has 1 heterocycles. The lowest BCUT2D eigenvalue weighted by atomic mass is 10.0. The molecular weight excluding hydrogens is 332 g/mol. The summed E-state index contributed by atoms with van der Waals surface area (Å²) in [5, 5.41) is 5.46. The first-order chi connectivity index (χ1) is 12.2. The molecule has 0 bridgehead atoms. The largest absolute Gasteiger partial charge is 0.378 e. The van der Waals surface area contributed by atoms with E-state index in [1.54, 1.807) is 12.5 Å². The number of nitrogens with one attached hydrogen (secondary N) is 1. The highest BCUT2D eigenvalue weighted by molar-refractivity contribution is 7.09. The molecule has 0 atom stereocenters. The number of aromatic nitrogens is 1. The summed E-state index contributed by atoms with van der Waals surface area (Å²) in [6.07, 6.45) is 0. The van der Waals surface area contributed by atoms with Crippen LogP contribution < -0.4 is 5.32 Å². The van der Waals surface area contributed by atoms with Crippen molar-refractivity contribution in [1.29, 1.82) is 0 Å². The maximum Gasteiger partial charge on any atom is 0.271 e. The topological polar surface area (TPSA) is 51.2 Å². The Hall–Kier alpha value is -2.50. The molecule has 5 heteroatoms. The van der Waals surface area contributed by atoms with Gasteiger partial charge in [-0.25, -0.2) is 4.98 Å². The number of rotatable bonds is 6. The van der Waals surface area contributed by atoms with Gasteiger partial charge in [0.2, 0.25) is 0 Å². The number of benzene rings is 2. The van der Waals surface area contributed by atoms with Crippen LogP contribution in [-0.2, 0) is 17.9 Å². The number of carbonyl (C=O) groups is 1. The summed E-state index contributed by atoms with van der Waals surface area (Å²) in [6.45, 7) is 2.99. The molecule has 0 aliphatic heterocycles. The molecule has 4 nitrogen and oxygen atoms in total. The molecule has 0 saturated heterocycles. The van der Waals surface area contributed by atoms with Crippen LogP contribution >= 0.6 is 11.3 Å². The molecule has 0 saturated carbocycles. The van der Waals surface area contributed by atoms with Gasteiger partial charge in [0.25, 0.3) is 5.91 Å². The average molecular weight is 352 g/mol. The average Bonchev–Trinajstić information content (AvgIpc) is 3.09. The van der Waals surface area contributed by atoms with Crippen LogP contribution in [0, 0.1) is 6.92 Å². The molecule has 1 N–H and O–H groups in total. The van der Waals surface area contributed by atoms with E-state index in [9.17, 15) is 4.79 Å². The number of aryl methyl sites for hydroxylation is 1. The summed E-state index contributed by atoms with van der Waals surface area (Å²) < 4.78 is 5.02. The number of amides is 1. The molecule has 128 valence electrons. The van der Waals surface area contributed by atoms with Crippen LogP contribution in [0.25, 0.3) is 11.1 Å². The van der Waals surface area contributed by atoms with Crippen molar-refractivity contribution in [3.8, 4) is 11.1 Å². The van der Waals surface area contributed by atoms with Gasteiger partial charge in [-0.15, -0.1) is 11.3 Å². The zero-order valence-corrected chi connectivity index (χ0v) is 15.1. The van der Waals surface area contributed by atoms with Gasteiger partial charge in [-0.2, -0.15) is 0 Å². The fraction of sp³-hybridized carbons (Fsp3) is 0.200. The van der Waals surface area contributed by atoms with E-state index in [4.69, 9.17) is 4.74 Å². The lowest BCUT2D eigenvalue weighted by molar-refractivity contribution is 0.0946. The highest BCUT2D eigenvalue weighted by Crippen LogP contribution is 2.20. The maximum absolute atomic E-state index is 12.2. The van der Waals surface area contributed by atoms with Crippen LogP contribution in [0.5, 0.6) is 0 Å². The van der Waals surface area contributed by atoms with E-state index >= 15 is 0 Å². The summed E-state index contributed by atoms with van der Waals surface area (Å²) in [7, 11) is 1.61. The molecule has 1 amide bonds. The van der Waals surface area contributed by atoms with Crippen molar-refractivity contribution in [2.24, 2.45) is 0 Å². The van der Waals surface area contributed by atoms with E-state index in [1.165, 1.54) is 28.0 Å². The molecule has 0 spiro atoms. The minimum atomic E-state index is -0.165. The second-order valence-corrected chi connectivity index (χ2v) is 6.75. The monoisotopic (exact) mass is 352 g/mol. The quantitative estimate of drug-likeness (QED) is 0.723. The predicted octanol–water partition coefficient (Wildman–Crippen LogP) is 4.19. The Bertz CT molecular complexity index is 856. The highest BCUT2D eigenvalue weighted by Gasteiger charge is 2.10. The first kappa shape index (κ1) is 17.3. The van der Waals surface area contributed by atoms with E-state index < -0.39 is 0 Å². The molecule has 0 radical (unpaired) electrons. The molecule has 0 unspecified atom stereocenters. The highest BCUT2D eigenvalue weighted by atomic mass is 32.1. The molecule has 3 rings (SSSR count). The summed E-state index contributed by atoms with van der Waals surface area (Å²) in [4.78, 5) is 16.4. The molecule has 0 aliphatic carbocycles. The zero-order chi connectivity index (χ0) is 17.6. The van der Waals surface area contributed by atoms with E-state index in [0.29, 0.717) is 18.8 Å². The van der Waals surface area contributed by atoms with Gasteiger partial charge in [0, 0.05) is 19.0 Å². The Morgan fingerprint density at radius 3 is 2.68 bits per heavy atom. The number of ether oxygens (including phenoxy) is 1. The van der Waals surface area contributed by atoms with Crippen LogP contribution in [0.2, 0.25) is 0 Å². The van der Waals surface area contributed by atoms with Gasteiger partial charge in [-0.05, 0) is 23.6 Å². The van der Waals surface area contributed by atoms with Crippen molar-refractivity contribution in [2.45, 2.75) is 20.1 Å². The lowest BCUT2D eigenvalue weighted by Gasteiger charge is -2.06. The Balaban J connectivity index is 1.60. The first-order valence-electron chi connectivity index (χ1n) is 8.03. The number of thiazole rings is 1. The van der Waals surface area contributed by atoms with Crippen LogP contribution in [0.3, 0.4) is 0 Å². The predicted molar refractivity (Wildman–Crippen MR) is 101 cm³/mol.